The summed E-state index contributed by atoms with van der Waals surface area (Å²) in [6.45, 7) is 1.15. The van der Waals surface area contributed by atoms with Crippen molar-refractivity contribution in [3.8, 4) is 28.3 Å². The number of carbonyl (C=O) groups is 2. The van der Waals surface area contributed by atoms with Crippen LogP contribution in [0.25, 0.3) is 22.4 Å². The van der Waals surface area contributed by atoms with E-state index in [1.165, 1.54) is 27.4 Å². The zero-order valence-corrected chi connectivity index (χ0v) is 27.3. The average molecular weight is 680 g/mol. The van der Waals surface area contributed by atoms with Crippen molar-refractivity contribution in [3.63, 3.8) is 0 Å². The topological polar surface area (TPSA) is 157 Å². The number of amides is 2. The number of ether oxygens (including phenoxy) is 1. The van der Waals surface area contributed by atoms with E-state index in [-0.39, 0.29) is 28.1 Å². The van der Waals surface area contributed by atoms with Crippen molar-refractivity contribution in [1.82, 2.24) is 24.8 Å². The number of methoxy groups -OCH3 is 1. The van der Waals surface area contributed by atoms with Gasteiger partial charge in [-0.1, -0.05) is 53.5 Å². The van der Waals surface area contributed by atoms with Gasteiger partial charge in [0.2, 0.25) is 11.8 Å². The molecule has 1 aliphatic heterocycles. The van der Waals surface area contributed by atoms with Crippen LogP contribution in [0, 0.1) is 5.92 Å². The summed E-state index contributed by atoms with van der Waals surface area (Å²) < 4.78 is 7.71. The number of aliphatic hydroxyl groups excluding tert-OH is 1. The van der Waals surface area contributed by atoms with Gasteiger partial charge in [-0.15, -0.1) is 0 Å². The molecule has 0 unspecified atom stereocenters. The standard InChI is InChI=1S/C33H32Cl2N6O6/c1-40-15-21(32(45)41(2)33(40)46)30(44)38-22-9-5-7-19(28(22)35)18-6-4-8-20(27(18)34)23-11-17-12-24(42)29(26(17)31(39-23)47-3)37-14-16-10-25(43)36-13-16/h4-9,11,15-16,24,29,37,42H,10,12-14H2,1-3H3,(H,36,43)(H,38,44)/t16-,24-,29-/m0/s1. The summed E-state index contributed by atoms with van der Waals surface area (Å²) in [4.78, 5) is 54.2. The van der Waals surface area contributed by atoms with Gasteiger partial charge < -0.3 is 30.4 Å². The number of fused-ring (bicyclic) bond motifs is 1. The van der Waals surface area contributed by atoms with Crippen LogP contribution in [0.1, 0.15) is 33.9 Å². The number of pyridine rings is 1. The van der Waals surface area contributed by atoms with Crippen LogP contribution in [0.3, 0.4) is 0 Å². The third-order valence-corrected chi connectivity index (χ3v) is 9.43. The van der Waals surface area contributed by atoms with Crippen LogP contribution in [0.15, 0.2) is 58.3 Å². The molecular formula is C33H32Cl2N6O6. The van der Waals surface area contributed by atoms with E-state index in [1.807, 2.05) is 18.2 Å². The Bertz CT molecular complexity index is 2040. The molecule has 1 fully saturated rings. The molecule has 244 valence electrons. The van der Waals surface area contributed by atoms with Gasteiger partial charge in [0.1, 0.15) is 5.56 Å². The average Bonchev–Trinajstić information content (AvgIpc) is 3.62. The number of nitrogens with zero attached hydrogens (tertiary/aromatic N) is 3. The number of anilines is 1. The molecule has 14 heteroatoms. The summed E-state index contributed by atoms with van der Waals surface area (Å²) in [5.74, 6) is -0.199. The van der Waals surface area contributed by atoms with E-state index in [0.717, 1.165) is 20.3 Å². The lowest BCUT2D eigenvalue weighted by atomic mass is 9.99. The SMILES string of the molecule is COc1nc(-c2cccc(-c3cccc(NC(=O)c4cn(C)c(=O)n(C)c4=O)c3Cl)c2Cl)cc2c1[C@@H](NC[C@@H]1CNC(=O)C1)[C@@H](O)C2. The molecular weight excluding hydrogens is 647 g/mol. The molecule has 1 saturated heterocycles. The number of halogens is 2. The Hall–Kier alpha value is -4.49. The summed E-state index contributed by atoms with van der Waals surface area (Å²) in [5, 5.41) is 20.4. The molecule has 0 bridgehead atoms. The van der Waals surface area contributed by atoms with Crippen molar-refractivity contribution >= 4 is 40.7 Å². The van der Waals surface area contributed by atoms with Crippen molar-refractivity contribution in [2.75, 3.05) is 25.5 Å². The third kappa shape index (κ3) is 6.05. The molecule has 6 rings (SSSR count). The first-order valence-corrected chi connectivity index (χ1v) is 15.7. The van der Waals surface area contributed by atoms with Gasteiger partial charge in [0.05, 0.1) is 40.7 Å². The zero-order chi connectivity index (χ0) is 33.6. The number of hydrogen-bond donors (Lipinski definition) is 4. The van der Waals surface area contributed by atoms with Gasteiger partial charge in [-0.3, -0.25) is 19.0 Å². The molecule has 3 atom stereocenters. The minimum absolute atomic E-state index is 0.0262. The second kappa shape index (κ2) is 13.0. The Kier molecular flexibility index (Phi) is 8.95. The van der Waals surface area contributed by atoms with Crippen molar-refractivity contribution in [3.05, 3.63) is 96.2 Å². The summed E-state index contributed by atoms with van der Waals surface area (Å²) in [6.07, 6.45) is 1.30. The predicted molar refractivity (Wildman–Crippen MR) is 178 cm³/mol. The normalized spacial score (nSPS) is 18.6. The molecule has 4 N–H and O–H groups in total. The number of benzene rings is 2. The highest BCUT2D eigenvalue weighted by Crippen LogP contribution is 2.44. The fourth-order valence-corrected chi connectivity index (χ4v) is 6.78. The van der Waals surface area contributed by atoms with Crippen LogP contribution in [0.2, 0.25) is 10.0 Å². The van der Waals surface area contributed by atoms with Gasteiger partial charge in [0, 0.05) is 68.5 Å². The number of rotatable bonds is 8. The maximum atomic E-state index is 13.1. The van der Waals surface area contributed by atoms with E-state index in [1.54, 1.807) is 24.3 Å². The Morgan fingerprint density at radius 1 is 1.06 bits per heavy atom. The number of nitrogens with one attached hydrogen (secondary N) is 3. The molecule has 0 radical (unpaired) electrons. The highest BCUT2D eigenvalue weighted by molar-refractivity contribution is 6.39. The number of aliphatic hydroxyl groups is 1. The van der Waals surface area contributed by atoms with Crippen LogP contribution in [-0.2, 0) is 25.3 Å². The van der Waals surface area contributed by atoms with Crippen molar-refractivity contribution in [1.29, 1.82) is 0 Å². The summed E-state index contributed by atoms with van der Waals surface area (Å²) in [6, 6.07) is 11.9. The first-order valence-electron chi connectivity index (χ1n) is 14.9. The molecule has 2 aliphatic rings. The molecule has 2 aromatic heterocycles. The first-order chi connectivity index (χ1) is 22.5. The second-order valence-corrected chi connectivity index (χ2v) is 12.5. The fraction of sp³-hybridized carbons (Fsp3) is 0.303. The number of hydrogen-bond acceptors (Lipinski definition) is 8. The lowest BCUT2D eigenvalue weighted by molar-refractivity contribution is -0.119. The van der Waals surface area contributed by atoms with Gasteiger partial charge >= 0.3 is 5.69 Å². The van der Waals surface area contributed by atoms with Crippen LogP contribution >= 0.6 is 23.2 Å². The minimum atomic E-state index is -0.733. The van der Waals surface area contributed by atoms with Gasteiger partial charge in [0.15, 0.2) is 0 Å². The Labute approximate surface area is 279 Å². The molecule has 2 aromatic carbocycles. The van der Waals surface area contributed by atoms with E-state index >= 15 is 0 Å². The lowest BCUT2D eigenvalue weighted by Crippen LogP contribution is -2.40. The number of carbonyl (C=O) groups excluding carboxylic acids is 2. The van der Waals surface area contributed by atoms with E-state index in [2.05, 4.69) is 16.0 Å². The lowest BCUT2D eigenvalue weighted by Gasteiger charge is -2.21. The molecule has 0 saturated carbocycles. The van der Waals surface area contributed by atoms with E-state index < -0.39 is 29.3 Å². The van der Waals surface area contributed by atoms with E-state index in [9.17, 15) is 24.3 Å². The highest BCUT2D eigenvalue weighted by atomic mass is 35.5. The molecule has 47 heavy (non-hydrogen) atoms. The third-order valence-electron chi connectivity index (χ3n) is 8.62. The molecule has 12 nitrogen and oxygen atoms in total. The van der Waals surface area contributed by atoms with Crippen LogP contribution in [0.5, 0.6) is 5.88 Å². The monoisotopic (exact) mass is 678 g/mol. The second-order valence-electron chi connectivity index (χ2n) is 11.7. The molecule has 2 amide bonds. The molecule has 1 aliphatic carbocycles. The molecule has 3 heterocycles. The van der Waals surface area contributed by atoms with Crippen LogP contribution < -0.4 is 31.9 Å². The maximum Gasteiger partial charge on any atom is 0.330 e. The largest absolute Gasteiger partial charge is 0.481 e. The van der Waals surface area contributed by atoms with E-state index in [0.29, 0.717) is 59.2 Å². The Morgan fingerprint density at radius 3 is 2.47 bits per heavy atom. The fourth-order valence-electron chi connectivity index (χ4n) is 6.18. The van der Waals surface area contributed by atoms with Crippen LogP contribution in [-0.4, -0.2) is 57.3 Å². The van der Waals surface area contributed by atoms with Gasteiger partial charge in [-0.2, -0.15) is 0 Å². The van der Waals surface area contributed by atoms with Gasteiger partial charge in [-0.25, -0.2) is 9.78 Å². The smallest absolute Gasteiger partial charge is 0.330 e. The van der Waals surface area contributed by atoms with Crippen LogP contribution in [0.4, 0.5) is 5.69 Å². The van der Waals surface area contributed by atoms with Crippen molar-refractivity contribution in [2.24, 2.45) is 20.0 Å². The summed E-state index contributed by atoms with van der Waals surface area (Å²) in [5.41, 5.74) is 2.61. The zero-order valence-electron chi connectivity index (χ0n) is 25.8. The van der Waals surface area contributed by atoms with Gasteiger partial charge in [-0.05, 0) is 23.6 Å². The summed E-state index contributed by atoms with van der Waals surface area (Å²) in [7, 11) is 4.27. The van der Waals surface area contributed by atoms with Gasteiger partial charge in [0.25, 0.3) is 11.5 Å². The summed E-state index contributed by atoms with van der Waals surface area (Å²) >= 11 is 13.8. The Morgan fingerprint density at radius 2 is 1.77 bits per heavy atom. The highest BCUT2D eigenvalue weighted by Gasteiger charge is 2.36. The quantitative estimate of drug-likeness (QED) is 0.222. The maximum absolute atomic E-state index is 13.1. The van der Waals surface area contributed by atoms with E-state index in [4.69, 9.17) is 32.9 Å². The minimum Gasteiger partial charge on any atom is -0.481 e. The van der Waals surface area contributed by atoms with Crippen molar-refractivity contribution < 1.29 is 19.4 Å². The predicted octanol–water partition coefficient (Wildman–Crippen LogP) is 3.06. The molecule has 4 aromatic rings. The molecule has 0 spiro atoms. The first kappa shape index (κ1) is 32.5. The number of aromatic nitrogens is 3. The van der Waals surface area contributed by atoms with Crippen molar-refractivity contribution in [2.45, 2.75) is 25.0 Å². The number of aryl methyl sites for hydroxylation is 1. The Balaban J connectivity index is 1.31.